The second-order valence-corrected chi connectivity index (χ2v) is 5.37. The molecule has 0 radical (unpaired) electrons. The molecule has 5 nitrogen and oxygen atoms in total. The van der Waals surface area contributed by atoms with E-state index in [1.54, 1.807) is 6.20 Å². The number of pyridine rings is 1. The molecule has 0 aromatic carbocycles. The average Bonchev–Trinajstić information content (AvgIpc) is 2.86. The summed E-state index contributed by atoms with van der Waals surface area (Å²) in [6.07, 6.45) is 6.35. The fourth-order valence-corrected chi connectivity index (χ4v) is 3.02. The molecule has 2 heterocycles. The number of nitrogen functional groups attached to an aromatic ring is 1. The Kier molecular flexibility index (Phi) is 3.16. The van der Waals surface area contributed by atoms with Gasteiger partial charge in [-0.3, -0.25) is 5.41 Å². The lowest BCUT2D eigenvalue weighted by Gasteiger charge is -2.09. The molecule has 19 heavy (non-hydrogen) atoms. The fourth-order valence-electron chi connectivity index (χ4n) is 2.16. The first-order chi connectivity index (χ1) is 9.24. The largest absolute Gasteiger partial charge is 0.384 e. The molecule has 0 fully saturated rings. The van der Waals surface area contributed by atoms with E-state index >= 15 is 0 Å². The van der Waals surface area contributed by atoms with Crippen molar-refractivity contribution < 1.29 is 0 Å². The summed E-state index contributed by atoms with van der Waals surface area (Å²) in [6, 6.07) is 3.82. The van der Waals surface area contributed by atoms with Gasteiger partial charge in [0, 0.05) is 17.5 Å². The lowest BCUT2D eigenvalue weighted by molar-refractivity contribution is 0.890. The van der Waals surface area contributed by atoms with Crippen LogP contribution in [0.1, 0.15) is 23.2 Å². The van der Waals surface area contributed by atoms with Gasteiger partial charge >= 0.3 is 0 Å². The van der Waals surface area contributed by atoms with Gasteiger partial charge in [-0.05, 0) is 48.7 Å². The second kappa shape index (κ2) is 4.97. The van der Waals surface area contributed by atoms with Crippen molar-refractivity contribution in [3.8, 4) is 0 Å². The molecule has 2 aromatic rings. The molecule has 2 aromatic heterocycles. The van der Waals surface area contributed by atoms with E-state index in [0.717, 1.165) is 35.0 Å². The topological polar surface area (TPSA) is 88.5 Å². The first-order valence-electron chi connectivity index (χ1n) is 6.05. The summed E-state index contributed by atoms with van der Waals surface area (Å²) >= 11 is 1.43. The van der Waals surface area contributed by atoms with E-state index in [2.05, 4.69) is 15.0 Å². The molecule has 0 amide bonds. The number of rotatable bonds is 3. The fraction of sp³-hybridized carbons (Fsp3) is 0.231. The highest BCUT2D eigenvalue weighted by molar-refractivity contribution is 7.99. The summed E-state index contributed by atoms with van der Waals surface area (Å²) in [5, 5.41) is 9.26. The van der Waals surface area contributed by atoms with E-state index in [9.17, 15) is 0 Å². The number of hydrogen-bond donors (Lipinski definition) is 2. The van der Waals surface area contributed by atoms with Gasteiger partial charge in [-0.2, -0.15) is 0 Å². The summed E-state index contributed by atoms with van der Waals surface area (Å²) in [4.78, 5) is 12.7. The number of fused-ring (bicyclic) bond motifs is 1. The Morgan fingerprint density at radius 2 is 2.26 bits per heavy atom. The van der Waals surface area contributed by atoms with Crippen molar-refractivity contribution in [3.05, 3.63) is 41.5 Å². The van der Waals surface area contributed by atoms with Crippen LogP contribution in [0.3, 0.4) is 0 Å². The van der Waals surface area contributed by atoms with Gasteiger partial charge in [-0.25, -0.2) is 15.0 Å². The zero-order valence-electron chi connectivity index (χ0n) is 10.3. The highest BCUT2D eigenvalue weighted by atomic mass is 32.2. The molecule has 0 saturated heterocycles. The van der Waals surface area contributed by atoms with Gasteiger partial charge in [0.15, 0.2) is 0 Å². The predicted octanol–water partition coefficient (Wildman–Crippen LogP) is 1.80. The highest BCUT2D eigenvalue weighted by Crippen LogP contribution is 2.31. The molecule has 3 rings (SSSR count). The SMILES string of the molecule is N=C(N)c1cc2c(nc1Sc1ccncn1)CCC2. The summed E-state index contributed by atoms with van der Waals surface area (Å²) in [5.41, 5.74) is 8.70. The van der Waals surface area contributed by atoms with Gasteiger partial charge in [0.2, 0.25) is 0 Å². The van der Waals surface area contributed by atoms with Gasteiger partial charge in [-0.1, -0.05) is 0 Å². The van der Waals surface area contributed by atoms with Gasteiger partial charge in [0.05, 0.1) is 0 Å². The third kappa shape index (κ3) is 2.44. The van der Waals surface area contributed by atoms with E-state index in [4.69, 9.17) is 11.1 Å². The van der Waals surface area contributed by atoms with Crippen molar-refractivity contribution in [1.29, 1.82) is 5.41 Å². The van der Waals surface area contributed by atoms with Crippen LogP contribution < -0.4 is 5.73 Å². The molecule has 0 aliphatic heterocycles. The van der Waals surface area contributed by atoms with Crippen LogP contribution in [0.25, 0.3) is 0 Å². The molecule has 0 saturated carbocycles. The maximum absolute atomic E-state index is 7.70. The number of nitrogens with two attached hydrogens (primary N) is 1. The van der Waals surface area contributed by atoms with Gasteiger partial charge in [0.1, 0.15) is 22.2 Å². The van der Waals surface area contributed by atoms with Crippen LogP contribution in [0.2, 0.25) is 0 Å². The number of aromatic nitrogens is 3. The normalized spacial score (nSPS) is 13.3. The smallest absolute Gasteiger partial charge is 0.125 e. The Hall–Kier alpha value is -1.95. The summed E-state index contributed by atoms with van der Waals surface area (Å²) in [6.45, 7) is 0. The van der Waals surface area contributed by atoms with Crippen molar-refractivity contribution in [3.63, 3.8) is 0 Å². The lowest BCUT2D eigenvalue weighted by atomic mass is 10.1. The van der Waals surface area contributed by atoms with Crippen molar-refractivity contribution in [2.24, 2.45) is 5.73 Å². The molecule has 6 heteroatoms. The Balaban J connectivity index is 2.02. The zero-order valence-corrected chi connectivity index (χ0v) is 11.1. The second-order valence-electron chi connectivity index (χ2n) is 4.36. The highest BCUT2D eigenvalue weighted by Gasteiger charge is 2.18. The molecule has 96 valence electrons. The van der Waals surface area contributed by atoms with Gasteiger partial charge in [-0.15, -0.1) is 0 Å². The molecule has 0 atom stereocenters. The molecule has 0 unspecified atom stereocenters. The molecular formula is C13H13N5S. The first kappa shape index (κ1) is 12.1. The molecule has 1 aliphatic rings. The summed E-state index contributed by atoms with van der Waals surface area (Å²) in [7, 11) is 0. The van der Waals surface area contributed by atoms with E-state index in [0.29, 0.717) is 5.56 Å². The first-order valence-corrected chi connectivity index (χ1v) is 6.87. The minimum absolute atomic E-state index is 0.0544. The van der Waals surface area contributed by atoms with E-state index in [1.807, 2.05) is 12.1 Å². The zero-order chi connectivity index (χ0) is 13.2. The van der Waals surface area contributed by atoms with Crippen LogP contribution in [0.4, 0.5) is 0 Å². The number of hydrogen-bond acceptors (Lipinski definition) is 5. The van der Waals surface area contributed by atoms with Gasteiger partial charge in [0.25, 0.3) is 0 Å². The Labute approximate surface area is 115 Å². The molecule has 0 spiro atoms. The molecule has 3 N–H and O–H groups in total. The maximum atomic E-state index is 7.70. The van der Waals surface area contributed by atoms with Gasteiger partial charge < -0.3 is 5.73 Å². The standard InChI is InChI=1S/C13H13N5S/c14-12(15)9-6-8-2-1-3-10(8)18-13(9)19-11-4-5-16-7-17-11/h4-7H,1-3H2,(H3,14,15). The van der Waals surface area contributed by atoms with Crippen LogP contribution in [-0.4, -0.2) is 20.8 Å². The minimum Gasteiger partial charge on any atom is -0.384 e. The third-order valence-electron chi connectivity index (χ3n) is 3.06. The quantitative estimate of drug-likeness (QED) is 0.505. The predicted molar refractivity (Wildman–Crippen MR) is 73.4 cm³/mol. The number of amidine groups is 1. The van der Waals surface area contributed by atoms with Crippen LogP contribution >= 0.6 is 11.8 Å². The molecule has 1 aliphatic carbocycles. The van der Waals surface area contributed by atoms with Crippen LogP contribution in [0.15, 0.2) is 34.7 Å². The number of nitrogens with zero attached hydrogens (tertiary/aromatic N) is 3. The van der Waals surface area contributed by atoms with Crippen LogP contribution in [0, 0.1) is 5.41 Å². The summed E-state index contributed by atoms with van der Waals surface area (Å²) < 4.78 is 0. The molecule has 0 bridgehead atoms. The maximum Gasteiger partial charge on any atom is 0.125 e. The van der Waals surface area contributed by atoms with E-state index in [1.165, 1.54) is 23.7 Å². The molecular weight excluding hydrogens is 258 g/mol. The monoisotopic (exact) mass is 271 g/mol. The van der Waals surface area contributed by atoms with Crippen molar-refractivity contribution in [1.82, 2.24) is 15.0 Å². The lowest BCUT2D eigenvalue weighted by Crippen LogP contribution is -2.14. The van der Waals surface area contributed by atoms with E-state index < -0.39 is 0 Å². The van der Waals surface area contributed by atoms with E-state index in [-0.39, 0.29) is 5.84 Å². The Morgan fingerprint density at radius 1 is 1.37 bits per heavy atom. The van der Waals surface area contributed by atoms with Crippen molar-refractivity contribution >= 4 is 17.6 Å². The average molecular weight is 271 g/mol. The minimum atomic E-state index is 0.0544. The van der Waals surface area contributed by atoms with Crippen molar-refractivity contribution in [2.45, 2.75) is 29.3 Å². The Morgan fingerprint density at radius 3 is 3.00 bits per heavy atom. The third-order valence-corrected chi connectivity index (χ3v) is 4.02. The van der Waals surface area contributed by atoms with Crippen LogP contribution in [0.5, 0.6) is 0 Å². The van der Waals surface area contributed by atoms with Crippen molar-refractivity contribution in [2.75, 3.05) is 0 Å². The summed E-state index contributed by atoms with van der Waals surface area (Å²) in [5.74, 6) is 0.0544. The Bertz CT molecular complexity index is 626. The van der Waals surface area contributed by atoms with Crippen LogP contribution in [-0.2, 0) is 12.8 Å². The number of nitrogens with one attached hydrogen (secondary N) is 1. The number of aryl methyl sites for hydroxylation is 2.